The summed E-state index contributed by atoms with van der Waals surface area (Å²) in [5.74, 6) is -1.83. The first-order valence-corrected chi connectivity index (χ1v) is 4.30. The van der Waals surface area contributed by atoms with Crippen LogP contribution in [0.4, 0.5) is 0 Å². The van der Waals surface area contributed by atoms with Gasteiger partial charge in [0.15, 0.2) is 11.6 Å². The van der Waals surface area contributed by atoms with Gasteiger partial charge in [0.1, 0.15) is 5.57 Å². The summed E-state index contributed by atoms with van der Waals surface area (Å²) in [5.41, 5.74) is -0.0701. The molecular weight excluding hydrogens is 200 g/mol. The first kappa shape index (κ1) is 11.3. The molecule has 0 aromatic rings. The van der Waals surface area contributed by atoms with Gasteiger partial charge in [-0.05, 0) is 12.5 Å². The van der Waals surface area contributed by atoms with Gasteiger partial charge >= 0.3 is 5.97 Å². The number of carbonyl (C=O) groups is 3. The molecule has 80 valence electrons. The third-order valence-electron chi connectivity index (χ3n) is 1.95. The molecule has 0 spiro atoms. The number of rotatable bonds is 3. The Morgan fingerprint density at radius 3 is 2.53 bits per heavy atom. The van der Waals surface area contributed by atoms with E-state index in [1.807, 2.05) is 0 Å². The normalized spacial score (nSPS) is 15.9. The predicted octanol–water partition coefficient (Wildman–Crippen LogP) is -0.454. The maximum Gasteiger partial charge on any atom is 0.341 e. The van der Waals surface area contributed by atoms with Crippen LogP contribution in [0.3, 0.4) is 0 Å². The fourth-order valence-electron chi connectivity index (χ4n) is 1.19. The Labute approximate surface area is 86.0 Å². The molecule has 1 rings (SSSR count). The molecule has 0 bridgehead atoms. The summed E-state index contributed by atoms with van der Waals surface area (Å²) in [6.07, 6.45) is 2.11. The van der Waals surface area contributed by atoms with Gasteiger partial charge in [-0.3, -0.25) is 9.59 Å². The fraction of sp³-hybridized carbons (Fsp3) is 0.300. The van der Waals surface area contributed by atoms with Crippen LogP contribution in [0, 0.1) is 0 Å². The van der Waals surface area contributed by atoms with Crippen molar-refractivity contribution in [1.29, 1.82) is 0 Å². The Morgan fingerprint density at radius 2 is 2.00 bits per heavy atom. The number of hydrogen-bond donors (Lipinski definition) is 1. The second-order valence-electron chi connectivity index (χ2n) is 2.92. The Hall–Kier alpha value is -1.75. The number of ether oxygens (including phenoxy) is 1. The van der Waals surface area contributed by atoms with E-state index in [4.69, 9.17) is 5.11 Å². The van der Waals surface area contributed by atoms with Crippen LogP contribution in [-0.2, 0) is 19.1 Å². The highest BCUT2D eigenvalue weighted by Crippen LogP contribution is 2.15. The zero-order valence-electron chi connectivity index (χ0n) is 8.15. The lowest BCUT2D eigenvalue weighted by Gasteiger charge is -2.09. The summed E-state index contributed by atoms with van der Waals surface area (Å²) in [7, 11) is 1.13. The van der Waals surface area contributed by atoms with Crippen molar-refractivity contribution in [2.24, 2.45) is 0 Å². The number of hydrogen-bond acceptors (Lipinski definition) is 5. The molecule has 0 heterocycles. The Bertz CT molecular complexity index is 375. The van der Waals surface area contributed by atoms with Gasteiger partial charge in [-0.2, -0.15) is 0 Å². The highest BCUT2D eigenvalue weighted by molar-refractivity contribution is 6.30. The molecule has 5 heteroatoms. The lowest BCUT2D eigenvalue weighted by Crippen LogP contribution is -2.20. The number of aliphatic hydroxyl groups is 1. The van der Waals surface area contributed by atoms with Crippen molar-refractivity contribution < 1.29 is 24.2 Å². The lowest BCUT2D eigenvalue weighted by atomic mass is 9.95. The lowest BCUT2D eigenvalue weighted by molar-refractivity contribution is -0.137. The predicted molar refractivity (Wildman–Crippen MR) is 49.9 cm³/mol. The van der Waals surface area contributed by atoms with Crippen LogP contribution in [0.2, 0.25) is 0 Å². The topological polar surface area (TPSA) is 80.7 Å². The van der Waals surface area contributed by atoms with Crippen LogP contribution in [0.15, 0.2) is 23.3 Å². The molecule has 1 aliphatic rings. The summed E-state index contributed by atoms with van der Waals surface area (Å²) < 4.78 is 4.34. The van der Waals surface area contributed by atoms with E-state index in [2.05, 4.69) is 4.74 Å². The summed E-state index contributed by atoms with van der Waals surface area (Å²) in [6.45, 7) is -0.216. The Kier molecular flexibility index (Phi) is 3.51. The van der Waals surface area contributed by atoms with E-state index >= 15 is 0 Å². The summed E-state index contributed by atoms with van der Waals surface area (Å²) in [5, 5.41) is 8.63. The SMILES string of the molecule is COC(=O)C1=CC(=O)C(CCO)=CC1=O. The molecule has 0 aliphatic heterocycles. The average Bonchev–Trinajstić information content (AvgIpc) is 2.22. The Balaban J connectivity index is 2.93. The van der Waals surface area contributed by atoms with E-state index in [0.29, 0.717) is 0 Å². The highest BCUT2D eigenvalue weighted by atomic mass is 16.5. The quantitative estimate of drug-likeness (QED) is 0.387. The summed E-state index contributed by atoms with van der Waals surface area (Å²) >= 11 is 0. The zero-order chi connectivity index (χ0) is 11.4. The van der Waals surface area contributed by atoms with E-state index in [1.165, 1.54) is 0 Å². The number of aliphatic hydroxyl groups excluding tert-OH is 1. The monoisotopic (exact) mass is 210 g/mol. The largest absolute Gasteiger partial charge is 0.465 e. The standard InChI is InChI=1S/C10H10O5/c1-15-10(14)7-5-8(12)6(2-3-11)4-9(7)13/h4-5,11H,2-3H2,1H3. The molecule has 5 nitrogen and oxygen atoms in total. The molecule has 0 saturated heterocycles. The maximum atomic E-state index is 11.3. The minimum absolute atomic E-state index is 0.107. The number of carbonyl (C=O) groups excluding carboxylic acids is 3. The minimum Gasteiger partial charge on any atom is -0.465 e. The van der Waals surface area contributed by atoms with E-state index in [0.717, 1.165) is 19.3 Å². The number of ketones is 2. The van der Waals surface area contributed by atoms with Gasteiger partial charge in [-0.15, -0.1) is 0 Å². The highest BCUT2D eigenvalue weighted by Gasteiger charge is 2.25. The van der Waals surface area contributed by atoms with Crippen molar-refractivity contribution in [2.75, 3.05) is 13.7 Å². The molecule has 0 unspecified atom stereocenters. The summed E-state index contributed by atoms with van der Waals surface area (Å²) in [6, 6.07) is 0. The van der Waals surface area contributed by atoms with Gasteiger partial charge in [0, 0.05) is 18.3 Å². The van der Waals surface area contributed by atoms with Crippen molar-refractivity contribution in [1.82, 2.24) is 0 Å². The van der Waals surface area contributed by atoms with Crippen LogP contribution in [0.5, 0.6) is 0 Å². The van der Waals surface area contributed by atoms with Gasteiger partial charge in [0.05, 0.1) is 7.11 Å². The van der Waals surface area contributed by atoms with E-state index in [1.54, 1.807) is 0 Å². The van der Waals surface area contributed by atoms with Gasteiger partial charge < -0.3 is 9.84 Å². The average molecular weight is 210 g/mol. The van der Waals surface area contributed by atoms with Gasteiger partial charge in [-0.25, -0.2) is 4.79 Å². The van der Waals surface area contributed by atoms with E-state index in [9.17, 15) is 14.4 Å². The molecule has 1 aliphatic carbocycles. The van der Waals surface area contributed by atoms with E-state index < -0.39 is 17.5 Å². The van der Waals surface area contributed by atoms with Crippen LogP contribution in [-0.4, -0.2) is 36.4 Å². The second kappa shape index (κ2) is 4.65. The molecular formula is C10H10O5. The number of methoxy groups -OCH3 is 1. The Morgan fingerprint density at radius 1 is 1.33 bits per heavy atom. The molecule has 0 saturated carbocycles. The van der Waals surface area contributed by atoms with Crippen molar-refractivity contribution in [2.45, 2.75) is 6.42 Å². The zero-order valence-corrected chi connectivity index (χ0v) is 8.15. The number of esters is 1. The van der Waals surface area contributed by atoms with Crippen LogP contribution >= 0.6 is 0 Å². The van der Waals surface area contributed by atoms with Gasteiger partial charge in [0.2, 0.25) is 0 Å². The first-order chi connectivity index (χ1) is 7.10. The van der Waals surface area contributed by atoms with Crippen molar-refractivity contribution >= 4 is 17.5 Å². The van der Waals surface area contributed by atoms with E-state index in [-0.39, 0.29) is 24.2 Å². The van der Waals surface area contributed by atoms with Crippen LogP contribution in [0.1, 0.15) is 6.42 Å². The smallest absolute Gasteiger partial charge is 0.341 e. The van der Waals surface area contributed by atoms with Gasteiger partial charge in [0.25, 0.3) is 0 Å². The fourth-order valence-corrected chi connectivity index (χ4v) is 1.19. The van der Waals surface area contributed by atoms with Crippen LogP contribution in [0.25, 0.3) is 0 Å². The van der Waals surface area contributed by atoms with Crippen molar-refractivity contribution in [3.8, 4) is 0 Å². The third kappa shape index (κ3) is 2.38. The number of allylic oxidation sites excluding steroid dienone is 2. The summed E-state index contributed by atoms with van der Waals surface area (Å²) in [4.78, 5) is 33.7. The van der Waals surface area contributed by atoms with Crippen molar-refractivity contribution in [3.05, 3.63) is 23.3 Å². The molecule has 0 atom stereocenters. The molecule has 0 amide bonds. The van der Waals surface area contributed by atoms with Crippen molar-refractivity contribution in [3.63, 3.8) is 0 Å². The van der Waals surface area contributed by atoms with Crippen LogP contribution < -0.4 is 0 Å². The first-order valence-electron chi connectivity index (χ1n) is 4.30. The molecule has 1 N–H and O–H groups in total. The minimum atomic E-state index is -0.826. The molecule has 15 heavy (non-hydrogen) atoms. The second-order valence-corrected chi connectivity index (χ2v) is 2.92. The molecule has 0 aromatic heterocycles. The third-order valence-corrected chi connectivity index (χ3v) is 1.95. The van der Waals surface area contributed by atoms with Gasteiger partial charge in [-0.1, -0.05) is 0 Å². The maximum absolute atomic E-state index is 11.3. The molecule has 0 fully saturated rings. The molecule has 0 aromatic carbocycles. The molecule has 0 radical (unpaired) electrons.